The monoisotopic (exact) mass is 334 g/mol. The number of halogens is 1. The second-order valence-electron chi connectivity index (χ2n) is 5.05. The fourth-order valence-electron chi connectivity index (χ4n) is 1.87. The molecular weight excluding hydrogens is 320 g/mol. The molecule has 3 N–H and O–H groups in total. The van der Waals surface area contributed by atoms with Gasteiger partial charge in [-0.2, -0.15) is 0 Å². The minimum Gasteiger partial charge on any atom is -0.505 e. The summed E-state index contributed by atoms with van der Waals surface area (Å²) in [6.45, 7) is 1.42. The van der Waals surface area contributed by atoms with Crippen molar-refractivity contribution in [2.24, 2.45) is 5.92 Å². The summed E-state index contributed by atoms with van der Waals surface area (Å²) in [5, 5.41) is 21.7. The molecule has 1 aromatic heterocycles. The molecule has 7 heteroatoms. The molecule has 1 aromatic carbocycles. The number of nitrogens with one attached hydrogen (secondary N) is 1. The normalized spacial score (nSPS) is 11.7. The summed E-state index contributed by atoms with van der Waals surface area (Å²) in [5.41, 5.74) is 1.21. The Bertz CT molecular complexity index is 749. The molecule has 1 amide bonds. The summed E-state index contributed by atoms with van der Waals surface area (Å²) >= 11 is 5.92. The van der Waals surface area contributed by atoms with E-state index in [9.17, 15) is 14.7 Å². The average Bonchev–Trinajstić information content (AvgIpc) is 2.52. The maximum absolute atomic E-state index is 11.9. The van der Waals surface area contributed by atoms with Crippen LogP contribution in [0.25, 0.3) is 11.1 Å². The number of amides is 1. The zero-order valence-electron chi connectivity index (χ0n) is 12.3. The summed E-state index contributed by atoms with van der Waals surface area (Å²) in [6.07, 6.45) is 1.45. The molecule has 0 aliphatic carbocycles. The summed E-state index contributed by atoms with van der Waals surface area (Å²) in [4.78, 5) is 26.6. The lowest BCUT2D eigenvalue weighted by Gasteiger charge is -2.10. The summed E-state index contributed by atoms with van der Waals surface area (Å²) in [6, 6.07) is 8.42. The molecule has 0 radical (unpaired) electrons. The summed E-state index contributed by atoms with van der Waals surface area (Å²) in [5.74, 6) is -2.66. The first-order valence-electron chi connectivity index (χ1n) is 6.84. The molecule has 0 bridgehead atoms. The maximum atomic E-state index is 11.9. The van der Waals surface area contributed by atoms with E-state index in [2.05, 4.69) is 10.3 Å². The highest BCUT2D eigenvalue weighted by molar-refractivity contribution is 6.30. The standard InChI is InChI=1S/C16H15ClN2O4/c1-9(16(22)23)7-19-15(21)14-13(20)6-11(8-18-14)10-3-2-4-12(17)5-10/h2-6,8-9,20H,7H2,1H3,(H,19,21)(H,22,23). The number of carboxylic acids is 1. The molecule has 0 aliphatic heterocycles. The Morgan fingerprint density at radius 2 is 2.04 bits per heavy atom. The molecule has 2 rings (SSSR count). The molecule has 1 atom stereocenters. The number of aliphatic carboxylic acids is 1. The molecule has 0 spiro atoms. The van der Waals surface area contributed by atoms with Crippen LogP contribution in [0.2, 0.25) is 5.02 Å². The Labute approximate surface area is 137 Å². The largest absolute Gasteiger partial charge is 0.505 e. The van der Waals surface area contributed by atoms with Crippen LogP contribution in [0.15, 0.2) is 36.5 Å². The van der Waals surface area contributed by atoms with E-state index in [1.807, 2.05) is 0 Å². The second kappa shape index (κ2) is 7.11. The van der Waals surface area contributed by atoms with Gasteiger partial charge in [-0.1, -0.05) is 30.7 Å². The smallest absolute Gasteiger partial charge is 0.308 e. The van der Waals surface area contributed by atoms with Gasteiger partial charge in [0, 0.05) is 23.3 Å². The van der Waals surface area contributed by atoms with Crippen LogP contribution >= 0.6 is 11.6 Å². The number of hydrogen-bond acceptors (Lipinski definition) is 4. The molecule has 0 saturated carbocycles. The molecule has 1 unspecified atom stereocenters. The van der Waals surface area contributed by atoms with E-state index in [1.165, 1.54) is 19.2 Å². The lowest BCUT2D eigenvalue weighted by molar-refractivity contribution is -0.140. The van der Waals surface area contributed by atoms with Crippen LogP contribution in [-0.4, -0.2) is 33.6 Å². The molecule has 23 heavy (non-hydrogen) atoms. The molecule has 0 saturated heterocycles. The SMILES string of the molecule is CC(CNC(=O)c1ncc(-c2cccc(Cl)c2)cc1O)C(=O)O. The average molecular weight is 335 g/mol. The van der Waals surface area contributed by atoms with Crippen molar-refractivity contribution in [2.45, 2.75) is 6.92 Å². The third-order valence-corrected chi connectivity index (χ3v) is 3.47. The zero-order valence-corrected chi connectivity index (χ0v) is 13.0. The van der Waals surface area contributed by atoms with Crippen molar-refractivity contribution < 1.29 is 19.8 Å². The van der Waals surface area contributed by atoms with E-state index in [1.54, 1.807) is 24.3 Å². The van der Waals surface area contributed by atoms with Crippen molar-refractivity contribution in [1.29, 1.82) is 0 Å². The van der Waals surface area contributed by atoms with E-state index in [4.69, 9.17) is 16.7 Å². The Hall–Kier alpha value is -2.60. The van der Waals surface area contributed by atoms with Gasteiger partial charge in [-0.25, -0.2) is 4.98 Å². The third-order valence-electron chi connectivity index (χ3n) is 3.23. The van der Waals surface area contributed by atoms with Crippen LogP contribution in [0.5, 0.6) is 5.75 Å². The minimum absolute atomic E-state index is 0.0503. The van der Waals surface area contributed by atoms with Crippen molar-refractivity contribution in [1.82, 2.24) is 10.3 Å². The molecule has 1 heterocycles. The van der Waals surface area contributed by atoms with Gasteiger partial charge in [0.15, 0.2) is 5.69 Å². The highest BCUT2D eigenvalue weighted by Gasteiger charge is 2.17. The summed E-state index contributed by atoms with van der Waals surface area (Å²) < 4.78 is 0. The first-order chi connectivity index (χ1) is 10.9. The fraction of sp³-hybridized carbons (Fsp3) is 0.188. The molecule has 0 aliphatic rings. The van der Waals surface area contributed by atoms with Crippen LogP contribution in [-0.2, 0) is 4.79 Å². The van der Waals surface area contributed by atoms with E-state index < -0.39 is 17.8 Å². The number of carbonyl (C=O) groups excluding carboxylic acids is 1. The first kappa shape index (κ1) is 16.8. The van der Waals surface area contributed by atoms with Crippen molar-refractivity contribution in [3.05, 3.63) is 47.2 Å². The van der Waals surface area contributed by atoms with Crippen LogP contribution in [0.3, 0.4) is 0 Å². The number of pyridine rings is 1. The van der Waals surface area contributed by atoms with Gasteiger partial charge in [-0.3, -0.25) is 9.59 Å². The van der Waals surface area contributed by atoms with Crippen LogP contribution in [0.4, 0.5) is 0 Å². The lowest BCUT2D eigenvalue weighted by Crippen LogP contribution is -2.32. The predicted molar refractivity (Wildman–Crippen MR) is 85.5 cm³/mol. The minimum atomic E-state index is -1.02. The number of carboxylic acid groups (broad SMARTS) is 1. The number of benzene rings is 1. The van der Waals surface area contributed by atoms with E-state index in [-0.39, 0.29) is 18.0 Å². The van der Waals surface area contributed by atoms with Crippen molar-refractivity contribution in [3.8, 4) is 16.9 Å². The molecule has 120 valence electrons. The molecule has 0 fully saturated rings. The van der Waals surface area contributed by atoms with E-state index in [0.717, 1.165) is 5.56 Å². The second-order valence-corrected chi connectivity index (χ2v) is 5.49. The molecular formula is C16H15ClN2O4. The van der Waals surface area contributed by atoms with Crippen molar-refractivity contribution in [2.75, 3.05) is 6.54 Å². The van der Waals surface area contributed by atoms with Gasteiger partial charge in [-0.05, 0) is 23.8 Å². The number of aromatic nitrogens is 1. The van der Waals surface area contributed by atoms with Gasteiger partial charge in [0.2, 0.25) is 0 Å². The number of nitrogens with zero attached hydrogens (tertiary/aromatic N) is 1. The number of carbonyl (C=O) groups is 2. The summed E-state index contributed by atoms with van der Waals surface area (Å²) in [7, 11) is 0. The van der Waals surface area contributed by atoms with E-state index in [0.29, 0.717) is 10.6 Å². The number of rotatable bonds is 5. The third kappa shape index (κ3) is 4.20. The van der Waals surface area contributed by atoms with Gasteiger partial charge in [0.25, 0.3) is 5.91 Å². The lowest BCUT2D eigenvalue weighted by atomic mass is 10.1. The highest BCUT2D eigenvalue weighted by Crippen LogP contribution is 2.26. The predicted octanol–water partition coefficient (Wildman–Crippen LogP) is 2.56. The Kier molecular flexibility index (Phi) is 5.18. The van der Waals surface area contributed by atoms with Crippen LogP contribution in [0, 0.1) is 5.92 Å². The number of hydrogen-bond donors (Lipinski definition) is 3. The van der Waals surface area contributed by atoms with Crippen molar-refractivity contribution >= 4 is 23.5 Å². The van der Waals surface area contributed by atoms with Gasteiger partial charge >= 0.3 is 5.97 Å². The Balaban J connectivity index is 2.16. The van der Waals surface area contributed by atoms with Crippen LogP contribution in [0.1, 0.15) is 17.4 Å². The van der Waals surface area contributed by atoms with Gasteiger partial charge in [0.05, 0.1) is 5.92 Å². The quantitative estimate of drug-likeness (QED) is 0.780. The Morgan fingerprint density at radius 1 is 1.30 bits per heavy atom. The number of aromatic hydroxyl groups is 1. The Morgan fingerprint density at radius 3 is 2.65 bits per heavy atom. The van der Waals surface area contributed by atoms with Crippen molar-refractivity contribution in [3.63, 3.8) is 0 Å². The van der Waals surface area contributed by atoms with Gasteiger partial charge < -0.3 is 15.5 Å². The van der Waals surface area contributed by atoms with E-state index >= 15 is 0 Å². The van der Waals surface area contributed by atoms with Gasteiger partial charge in [-0.15, -0.1) is 0 Å². The van der Waals surface area contributed by atoms with Crippen LogP contribution < -0.4 is 5.32 Å². The highest BCUT2D eigenvalue weighted by atomic mass is 35.5. The molecule has 6 nitrogen and oxygen atoms in total. The fourth-order valence-corrected chi connectivity index (χ4v) is 2.06. The zero-order chi connectivity index (χ0) is 17.0. The molecule has 2 aromatic rings. The topological polar surface area (TPSA) is 99.5 Å². The maximum Gasteiger partial charge on any atom is 0.308 e. The van der Waals surface area contributed by atoms with Gasteiger partial charge in [0.1, 0.15) is 5.75 Å². The first-order valence-corrected chi connectivity index (χ1v) is 7.22.